The van der Waals surface area contributed by atoms with Gasteiger partial charge in [-0.15, -0.1) is 0 Å². The molecule has 0 aromatic carbocycles. The molecule has 3 aliphatic rings. The van der Waals surface area contributed by atoms with E-state index in [9.17, 15) is 4.79 Å². The number of rotatable bonds is 2. The van der Waals surface area contributed by atoms with Crippen LogP contribution in [0.25, 0.3) is 11.2 Å². The highest BCUT2D eigenvalue weighted by atomic mass is 16.2. The van der Waals surface area contributed by atoms with Gasteiger partial charge in [0.2, 0.25) is 5.95 Å². The first kappa shape index (κ1) is 14.3. The zero-order valence-electron chi connectivity index (χ0n) is 14.0. The smallest absolute Gasteiger partial charge is 0.255 e. The third kappa shape index (κ3) is 1.85. The van der Waals surface area contributed by atoms with Crippen molar-refractivity contribution < 1.29 is 4.79 Å². The molecule has 126 valence electrons. The fourth-order valence-corrected chi connectivity index (χ4v) is 5.49. The lowest BCUT2D eigenvalue weighted by Crippen LogP contribution is -2.30. The highest BCUT2D eigenvalue weighted by Crippen LogP contribution is 2.55. The summed E-state index contributed by atoms with van der Waals surface area (Å²) in [4.78, 5) is 23.8. The van der Waals surface area contributed by atoms with Crippen molar-refractivity contribution in [2.24, 2.45) is 23.7 Å². The number of likely N-dealkylation sites (tertiary alicyclic amines) is 1. The zero-order chi connectivity index (χ0) is 16.4. The largest absolute Gasteiger partial charge is 0.369 e. The van der Waals surface area contributed by atoms with Gasteiger partial charge in [0.05, 0.1) is 5.56 Å². The highest BCUT2D eigenvalue weighted by Gasteiger charge is 2.52. The zero-order valence-corrected chi connectivity index (χ0v) is 14.0. The van der Waals surface area contributed by atoms with Crippen LogP contribution in [0, 0.1) is 23.7 Å². The first-order valence-corrected chi connectivity index (χ1v) is 9.06. The number of carbonyl (C=O) groups excluding carboxylic acids is 1. The Kier molecular flexibility index (Phi) is 2.94. The van der Waals surface area contributed by atoms with E-state index in [0.717, 1.165) is 49.0 Å². The lowest BCUT2D eigenvalue weighted by atomic mass is 9.82. The molecule has 6 heteroatoms. The number of hydrogen-bond donors (Lipinski definition) is 1. The molecule has 2 aromatic heterocycles. The van der Waals surface area contributed by atoms with Gasteiger partial charge in [0.15, 0.2) is 5.65 Å². The van der Waals surface area contributed by atoms with Crippen molar-refractivity contribution in [1.82, 2.24) is 19.4 Å². The molecular formula is C18H23N5O. The van der Waals surface area contributed by atoms with Crippen LogP contribution in [0.4, 0.5) is 5.95 Å². The van der Waals surface area contributed by atoms with E-state index < -0.39 is 0 Å². The monoisotopic (exact) mass is 325 g/mol. The molecule has 5 rings (SSSR count). The summed E-state index contributed by atoms with van der Waals surface area (Å²) in [5.41, 5.74) is 8.02. The van der Waals surface area contributed by atoms with Gasteiger partial charge in [0.1, 0.15) is 5.52 Å². The van der Waals surface area contributed by atoms with E-state index in [1.54, 1.807) is 6.20 Å². The van der Waals surface area contributed by atoms with Crippen molar-refractivity contribution in [3.63, 3.8) is 0 Å². The van der Waals surface area contributed by atoms with Gasteiger partial charge in [-0.3, -0.25) is 9.36 Å². The fourth-order valence-electron chi connectivity index (χ4n) is 5.49. The third-order valence-corrected chi connectivity index (χ3v) is 6.60. The van der Waals surface area contributed by atoms with Crippen molar-refractivity contribution in [2.75, 3.05) is 18.8 Å². The van der Waals surface area contributed by atoms with Crippen LogP contribution in [-0.2, 0) is 6.54 Å². The number of aryl methyl sites for hydroxylation is 1. The first-order valence-electron chi connectivity index (χ1n) is 9.06. The van der Waals surface area contributed by atoms with E-state index in [2.05, 4.69) is 9.97 Å². The summed E-state index contributed by atoms with van der Waals surface area (Å²) in [5, 5.41) is 0. The van der Waals surface area contributed by atoms with Gasteiger partial charge in [-0.1, -0.05) is 0 Å². The molecule has 24 heavy (non-hydrogen) atoms. The number of amides is 1. The Morgan fingerprint density at radius 2 is 2.00 bits per heavy atom. The predicted molar refractivity (Wildman–Crippen MR) is 91.3 cm³/mol. The van der Waals surface area contributed by atoms with E-state index in [0.29, 0.717) is 17.0 Å². The number of fused-ring (bicyclic) bond motifs is 6. The minimum atomic E-state index is 0.0998. The van der Waals surface area contributed by atoms with Crippen molar-refractivity contribution in [3.05, 3.63) is 17.8 Å². The Morgan fingerprint density at radius 3 is 2.67 bits per heavy atom. The number of anilines is 1. The topological polar surface area (TPSA) is 77.0 Å². The molecule has 4 atom stereocenters. The van der Waals surface area contributed by atoms with Crippen LogP contribution < -0.4 is 5.73 Å². The molecule has 0 unspecified atom stereocenters. The third-order valence-electron chi connectivity index (χ3n) is 6.60. The molecule has 2 aromatic rings. The van der Waals surface area contributed by atoms with Gasteiger partial charge in [-0.25, -0.2) is 9.97 Å². The van der Waals surface area contributed by atoms with Gasteiger partial charge >= 0.3 is 0 Å². The van der Waals surface area contributed by atoms with Crippen LogP contribution in [-0.4, -0.2) is 38.4 Å². The van der Waals surface area contributed by atoms with Gasteiger partial charge in [0.25, 0.3) is 5.91 Å². The number of imidazole rings is 1. The van der Waals surface area contributed by atoms with Crippen LogP contribution in [0.1, 0.15) is 36.5 Å². The number of nitrogens with zero attached hydrogens (tertiary/aromatic N) is 4. The predicted octanol–water partition coefficient (Wildman–Crippen LogP) is 2.15. The quantitative estimate of drug-likeness (QED) is 0.918. The number of pyridine rings is 1. The Hall–Kier alpha value is -2.11. The number of aromatic nitrogens is 3. The SMILES string of the molecule is CCn1c(N)nc2cc(C(=O)N3C[C@@H]4[C@@H]5CC[C@@H](C5)[C@@H]4C3)cnc21. The highest BCUT2D eigenvalue weighted by molar-refractivity contribution is 5.96. The molecule has 1 amide bonds. The molecule has 3 heterocycles. The van der Waals surface area contributed by atoms with Crippen LogP contribution >= 0.6 is 0 Å². The van der Waals surface area contributed by atoms with Crippen molar-refractivity contribution in [2.45, 2.75) is 32.7 Å². The molecule has 2 N–H and O–H groups in total. The summed E-state index contributed by atoms with van der Waals surface area (Å²) in [6, 6.07) is 1.84. The molecule has 2 saturated carbocycles. The van der Waals surface area contributed by atoms with Gasteiger partial charge in [-0.05, 0) is 55.9 Å². The van der Waals surface area contributed by atoms with E-state index in [1.807, 2.05) is 22.5 Å². The maximum Gasteiger partial charge on any atom is 0.255 e. The summed E-state index contributed by atoms with van der Waals surface area (Å²) in [6.07, 6.45) is 5.82. The maximum atomic E-state index is 12.9. The second-order valence-electron chi connectivity index (χ2n) is 7.65. The number of nitrogen functional groups attached to an aromatic ring is 1. The van der Waals surface area contributed by atoms with E-state index >= 15 is 0 Å². The molecule has 6 nitrogen and oxygen atoms in total. The second kappa shape index (κ2) is 4.94. The fraction of sp³-hybridized carbons (Fsp3) is 0.611. The molecule has 2 aliphatic carbocycles. The Labute approximate surface area is 141 Å². The van der Waals surface area contributed by atoms with Crippen molar-refractivity contribution in [1.29, 1.82) is 0 Å². The molecule has 1 aliphatic heterocycles. The van der Waals surface area contributed by atoms with Gasteiger partial charge in [-0.2, -0.15) is 0 Å². The standard InChI is InChI=1S/C18H23N5O/c1-2-23-16-15(21-18(23)19)6-12(7-20-16)17(24)22-8-13-10-3-4-11(5-10)14(13)9-22/h6-7,10-11,13-14H,2-5,8-9H2,1H3,(H2,19,21)/t10-,11+,13-,14+. The van der Waals surface area contributed by atoms with Gasteiger partial charge in [0, 0.05) is 25.8 Å². The molecule has 3 fully saturated rings. The number of carbonyl (C=O) groups is 1. The van der Waals surface area contributed by atoms with Crippen molar-refractivity contribution in [3.8, 4) is 0 Å². The summed E-state index contributed by atoms with van der Waals surface area (Å²) >= 11 is 0. The Morgan fingerprint density at radius 1 is 1.29 bits per heavy atom. The summed E-state index contributed by atoms with van der Waals surface area (Å²) in [5.74, 6) is 3.75. The van der Waals surface area contributed by atoms with E-state index in [4.69, 9.17) is 5.73 Å². The second-order valence-corrected chi connectivity index (χ2v) is 7.65. The molecule has 1 saturated heterocycles. The summed E-state index contributed by atoms with van der Waals surface area (Å²) < 4.78 is 1.86. The summed E-state index contributed by atoms with van der Waals surface area (Å²) in [7, 11) is 0. The number of hydrogen-bond acceptors (Lipinski definition) is 4. The van der Waals surface area contributed by atoms with Crippen LogP contribution in [0.5, 0.6) is 0 Å². The van der Waals surface area contributed by atoms with Crippen molar-refractivity contribution >= 4 is 23.0 Å². The average Bonchev–Trinajstić information content (AvgIpc) is 3.32. The molecule has 0 spiro atoms. The maximum absolute atomic E-state index is 12.9. The lowest BCUT2D eigenvalue weighted by molar-refractivity contribution is 0.0776. The lowest BCUT2D eigenvalue weighted by Gasteiger charge is -2.22. The van der Waals surface area contributed by atoms with Crippen LogP contribution in [0.3, 0.4) is 0 Å². The first-order chi connectivity index (χ1) is 11.7. The molecular weight excluding hydrogens is 302 g/mol. The number of nitrogens with two attached hydrogens (primary N) is 1. The van der Waals surface area contributed by atoms with E-state index in [-0.39, 0.29) is 5.91 Å². The average molecular weight is 325 g/mol. The van der Waals surface area contributed by atoms with Crippen LogP contribution in [0.15, 0.2) is 12.3 Å². The van der Waals surface area contributed by atoms with Gasteiger partial charge < -0.3 is 10.6 Å². The normalized spacial score (nSPS) is 31.1. The molecule has 2 bridgehead atoms. The van der Waals surface area contributed by atoms with Crippen LogP contribution in [0.2, 0.25) is 0 Å². The molecule has 0 radical (unpaired) electrons. The van der Waals surface area contributed by atoms with E-state index in [1.165, 1.54) is 19.3 Å². The Bertz CT molecular complexity index is 810. The minimum Gasteiger partial charge on any atom is -0.369 e. The summed E-state index contributed by atoms with van der Waals surface area (Å²) in [6.45, 7) is 4.58. The minimum absolute atomic E-state index is 0.0998. The Balaban J connectivity index is 1.42.